The van der Waals surface area contributed by atoms with Crippen molar-refractivity contribution in [3.63, 3.8) is 0 Å². The molecule has 0 spiro atoms. The Labute approximate surface area is 119 Å². The number of phenolic OH excluding ortho intramolecular Hbond substituents is 1. The van der Waals surface area contributed by atoms with E-state index in [0.29, 0.717) is 12.4 Å². The van der Waals surface area contributed by atoms with Gasteiger partial charge in [-0.15, -0.1) is 0 Å². The van der Waals surface area contributed by atoms with E-state index in [1.54, 1.807) is 12.3 Å². The molecule has 0 fully saturated rings. The maximum absolute atomic E-state index is 9.69. The molecule has 1 aromatic heterocycles. The predicted octanol–water partition coefficient (Wildman–Crippen LogP) is 2.16. The first-order valence-electron chi connectivity index (χ1n) is 6.69. The number of rotatable bonds is 6. The number of benzene rings is 1. The van der Waals surface area contributed by atoms with Crippen LogP contribution in [-0.4, -0.2) is 33.2 Å². The maximum atomic E-state index is 9.69. The van der Waals surface area contributed by atoms with Gasteiger partial charge in [-0.1, -0.05) is 6.07 Å². The molecular weight excluding hydrogens is 254 g/mol. The van der Waals surface area contributed by atoms with E-state index in [2.05, 4.69) is 9.88 Å². The van der Waals surface area contributed by atoms with Gasteiger partial charge in [-0.05, 0) is 31.7 Å². The molecule has 1 N–H and O–H groups in total. The Balaban J connectivity index is 2.02. The predicted molar refractivity (Wildman–Crippen MR) is 77.7 cm³/mol. The number of hydrogen-bond donors (Lipinski definition) is 1. The Morgan fingerprint density at radius 2 is 2.15 bits per heavy atom. The van der Waals surface area contributed by atoms with E-state index in [1.807, 2.05) is 43.9 Å². The van der Waals surface area contributed by atoms with Crippen LogP contribution in [0.5, 0.6) is 11.5 Å². The lowest BCUT2D eigenvalue weighted by Crippen LogP contribution is -2.19. The second-order valence-corrected chi connectivity index (χ2v) is 4.86. The van der Waals surface area contributed by atoms with Gasteiger partial charge in [0.1, 0.15) is 5.82 Å². The van der Waals surface area contributed by atoms with E-state index in [0.717, 1.165) is 24.5 Å². The van der Waals surface area contributed by atoms with Crippen molar-refractivity contribution in [2.45, 2.75) is 20.0 Å². The van der Waals surface area contributed by atoms with Crippen molar-refractivity contribution < 1.29 is 9.84 Å². The summed E-state index contributed by atoms with van der Waals surface area (Å²) in [7, 11) is 4.03. The van der Waals surface area contributed by atoms with E-state index in [4.69, 9.17) is 4.74 Å². The minimum Gasteiger partial charge on any atom is -0.504 e. The average Bonchev–Trinajstić information content (AvgIpc) is 2.79. The fraction of sp³-hybridized carbons (Fsp3) is 0.400. The molecule has 5 heteroatoms. The number of aromatic hydroxyl groups is 1. The first-order valence-corrected chi connectivity index (χ1v) is 6.69. The highest BCUT2D eigenvalue weighted by molar-refractivity contribution is 5.41. The van der Waals surface area contributed by atoms with Gasteiger partial charge in [0.2, 0.25) is 0 Å². The van der Waals surface area contributed by atoms with Gasteiger partial charge < -0.3 is 14.4 Å². The molecule has 1 aromatic carbocycles. The largest absolute Gasteiger partial charge is 0.504 e. The quantitative estimate of drug-likeness (QED) is 0.877. The van der Waals surface area contributed by atoms with Crippen LogP contribution in [0.15, 0.2) is 30.6 Å². The van der Waals surface area contributed by atoms with Crippen molar-refractivity contribution >= 4 is 0 Å². The van der Waals surface area contributed by atoms with Crippen molar-refractivity contribution in [3.05, 3.63) is 42.0 Å². The zero-order valence-electron chi connectivity index (χ0n) is 12.2. The van der Waals surface area contributed by atoms with Crippen LogP contribution < -0.4 is 4.74 Å². The Hall–Kier alpha value is -2.01. The van der Waals surface area contributed by atoms with E-state index in [-0.39, 0.29) is 5.75 Å². The van der Waals surface area contributed by atoms with Crippen molar-refractivity contribution in [1.29, 1.82) is 0 Å². The van der Waals surface area contributed by atoms with Gasteiger partial charge >= 0.3 is 0 Å². The molecule has 0 amide bonds. The molecule has 5 nitrogen and oxygen atoms in total. The first kappa shape index (κ1) is 14.4. The van der Waals surface area contributed by atoms with Gasteiger partial charge in [-0.3, -0.25) is 4.90 Å². The van der Waals surface area contributed by atoms with Crippen LogP contribution in [0, 0.1) is 0 Å². The minimum absolute atomic E-state index is 0.183. The molecule has 0 atom stereocenters. The SMILES string of the molecule is CCOc1cc(CN(C)Cc2nccn2C)ccc1O. The topological polar surface area (TPSA) is 50.5 Å². The molecule has 0 saturated carbocycles. The smallest absolute Gasteiger partial charge is 0.161 e. The number of imidazole rings is 1. The third-order valence-electron chi connectivity index (χ3n) is 3.11. The summed E-state index contributed by atoms with van der Waals surface area (Å²) < 4.78 is 7.41. The highest BCUT2D eigenvalue weighted by Crippen LogP contribution is 2.27. The highest BCUT2D eigenvalue weighted by Gasteiger charge is 2.08. The van der Waals surface area contributed by atoms with Crippen LogP contribution >= 0.6 is 0 Å². The lowest BCUT2D eigenvalue weighted by molar-refractivity contribution is 0.301. The molecule has 0 radical (unpaired) electrons. The Morgan fingerprint density at radius 3 is 2.80 bits per heavy atom. The van der Waals surface area contributed by atoms with Crippen molar-refractivity contribution in [3.8, 4) is 11.5 Å². The Bertz CT molecular complexity index is 566. The molecule has 0 aliphatic rings. The summed E-state index contributed by atoms with van der Waals surface area (Å²) in [5.74, 6) is 1.74. The van der Waals surface area contributed by atoms with E-state index in [1.165, 1.54) is 0 Å². The lowest BCUT2D eigenvalue weighted by Gasteiger charge is -2.17. The summed E-state index contributed by atoms with van der Waals surface area (Å²) in [5.41, 5.74) is 1.10. The number of hydrogen-bond acceptors (Lipinski definition) is 4. The number of phenols is 1. The molecule has 0 aliphatic heterocycles. The third kappa shape index (κ3) is 3.51. The van der Waals surface area contributed by atoms with Crippen LogP contribution in [0.4, 0.5) is 0 Å². The van der Waals surface area contributed by atoms with Crippen molar-refractivity contribution in [2.75, 3.05) is 13.7 Å². The van der Waals surface area contributed by atoms with Crippen LogP contribution in [-0.2, 0) is 20.1 Å². The van der Waals surface area contributed by atoms with Crippen LogP contribution in [0.1, 0.15) is 18.3 Å². The zero-order chi connectivity index (χ0) is 14.5. The van der Waals surface area contributed by atoms with Gasteiger partial charge in [-0.25, -0.2) is 4.98 Å². The van der Waals surface area contributed by atoms with Gasteiger partial charge in [0, 0.05) is 26.0 Å². The molecule has 0 aliphatic carbocycles. The van der Waals surface area contributed by atoms with Crippen molar-refractivity contribution in [2.24, 2.45) is 7.05 Å². The molecule has 1 heterocycles. The van der Waals surface area contributed by atoms with E-state index >= 15 is 0 Å². The fourth-order valence-electron chi connectivity index (χ4n) is 2.09. The molecule has 20 heavy (non-hydrogen) atoms. The monoisotopic (exact) mass is 275 g/mol. The standard InChI is InChI=1S/C15H21N3O2/c1-4-20-14-9-12(5-6-13(14)19)10-17(2)11-15-16-7-8-18(15)3/h5-9,19H,4,10-11H2,1-3H3. The summed E-state index contributed by atoms with van der Waals surface area (Å²) in [6.45, 7) is 3.99. The van der Waals surface area contributed by atoms with Crippen LogP contribution in [0.3, 0.4) is 0 Å². The molecule has 2 aromatic rings. The summed E-state index contributed by atoms with van der Waals surface area (Å²) in [5, 5.41) is 9.69. The second-order valence-electron chi connectivity index (χ2n) is 4.86. The highest BCUT2D eigenvalue weighted by atomic mass is 16.5. The van der Waals surface area contributed by atoms with E-state index in [9.17, 15) is 5.11 Å². The van der Waals surface area contributed by atoms with Gasteiger partial charge in [0.15, 0.2) is 11.5 Å². The number of aromatic nitrogens is 2. The molecule has 2 rings (SSSR count). The normalized spacial score (nSPS) is 11.0. The lowest BCUT2D eigenvalue weighted by atomic mass is 10.2. The second kappa shape index (κ2) is 6.43. The number of ether oxygens (including phenoxy) is 1. The van der Waals surface area contributed by atoms with Gasteiger partial charge in [0.25, 0.3) is 0 Å². The summed E-state index contributed by atoms with van der Waals surface area (Å²) >= 11 is 0. The van der Waals surface area contributed by atoms with Crippen LogP contribution in [0.2, 0.25) is 0 Å². The first-order chi connectivity index (χ1) is 9.60. The molecule has 0 unspecified atom stereocenters. The summed E-state index contributed by atoms with van der Waals surface area (Å²) in [6.07, 6.45) is 3.74. The summed E-state index contributed by atoms with van der Waals surface area (Å²) in [4.78, 5) is 6.49. The molecule has 0 saturated heterocycles. The van der Waals surface area contributed by atoms with E-state index < -0.39 is 0 Å². The summed E-state index contributed by atoms with van der Waals surface area (Å²) in [6, 6.07) is 5.47. The van der Waals surface area contributed by atoms with Crippen LogP contribution in [0.25, 0.3) is 0 Å². The fourth-order valence-corrected chi connectivity index (χ4v) is 2.09. The molecule has 0 bridgehead atoms. The number of nitrogens with zero attached hydrogens (tertiary/aromatic N) is 3. The molecule has 108 valence electrons. The Morgan fingerprint density at radius 1 is 1.35 bits per heavy atom. The maximum Gasteiger partial charge on any atom is 0.161 e. The number of aryl methyl sites for hydroxylation is 1. The third-order valence-corrected chi connectivity index (χ3v) is 3.11. The molecular formula is C15H21N3O2. The average molecular weight is 275 g/mol. The van der Waals surface area contributed by atoms with Crippen molar-refractivity contribution in [1.82, 2.24) is 14.5 Å². The minimum atomic E-state index is 0.183. The van der Waals surface area contributed by atoms with Gasteiger partial charge in [-0.2, -0.15) is 0 Å². The zero-order valence-corrected chi connectivity index (χ0v) is 12.2. The Kier molecular flexibility index (Phi) is 4.63. The van der Waals surface area contributed by atoms with Gasteiger partial charge in [0.05, 0.1) is 13.2 Å².